The number of carbonyl (C=O) groups excluding carboxylic acids is 1. The Balaban J connectivity index is 1.91. The molecule has 20 heavy (non-hydrogen) atoms. The van der Waals surface area contributed by atoms with Crippen LogP contribution in [-0.2, 0) is 9.59 Å². The van der Waals surface area contributed by atoms with Crippen molar-refractivity contribution in [3.05, 3.63) is 0 Å². The molecular formula is C15H26N2O3. The third-order valence-corrected chi connectivity index (χ3v) is 4.80. The smallest absolute Gasteiger partial charge is 0.307 e. The number of amides is 1. The second-order valence-electron chi connectivity index (χ2n) is 6.36. The molecular weight excluding hydrogens is 256 g/mol. The molecule has 2 aliphatic heterocycles. The molecule has 0 radical (unpaired) electrons. The van der Waals surface area contributed by atoms with Gasteiger partial charge in [0, 0.05) is 19.6 Å². The van der Waals surface area contributed by atoms with Crippen LogP contribution in [0.15, 0.2) is 0 Å². The van der Waals surface area contributed by atoms with Crippen LogP contribution >= 0.6 is 0 Å². The molecule has 0 aromatic carbocycles. The Bertz CT molecular complexity index is 364. The van der Waals surface area contributed by atoms with E-state index >= 15 is 0 Å². The number of likely N-dealkylation sites (tertiary alicyclic amines) is 2. The maximum atomic E-state index is 12.5. The molecule has 0 aromatic rings. The number of carbonyl (C=O) groups is 2. The van der Waals surface area contributed by atoms with Gasteiger partial charge in [0.1, 0.15) is 0 Å². The van der Waals surface area contributed by atoms with E-state index < -0.39 is 5.97 Å². The number of aliphatic carboxylic acids is 1. The van der Waals surface area contributed by atoms with Gasteiger partial charge in [0.15, 0.2) is 0 Å². The standard InChI is InChI=1S/C15H26N2O3/c1-11-5-8-16(9-6-11)14(18)12(2)17-7-3-4-13(10-17)15(19)20/h11-13H,3-10H2,1-2H3,(H,19,20). The number of piperidine rings is 2. The van der Waals surface area contributed by atoms with Crippen molar-refractivity contribution in [2.75, 3.05) is 26.2 Å². The van der Waals surface area contributed by atoms with Crippen molar-refractivity contribution in [1.82, 2.24) is 9.80 Å². The van der Waals surface area contributed by atoms with Gasteiger partial charge < -0.3 is 10.0 Å². The van der Waals surface area contributed by atoms with Gasteiger partial charge in [-0.1, -0.05) is 6.92 Å². The summed E-state index contributed by atoms with van der Waals surface area (Å²) in [6, 6.07) is -0.189. The lowest BCUT2D eigenvalue weighted by atomic mass is 9.96. The van der Waals surface area contributed by atoms with Crippen LogP contribution in [-0.4, -0.2) is 59.0 Å². The van der Waals surface area contributed by atoms with E-state index in [2.05, 4.69) is 6.92 Å². The maximum Gasteiger partial charge on any atom is 0.307 e. The van der Waals surface area contributed by atoms with E-state index in [4.69, 9.17) is 5.11 Å². The van der Waals surface area contributed by atoms with Crippen molar-refractivity contribution in [2.45, 2.75) is 45.6 Å². The van der Waals surface area contributed by atoms with Gasteiger partial charge >= 0.3 is 5.97 Å². The van der Waals surface area contributed by atoms with Crippen molar-refractivity contribution >= 4 is 11.9 Å². The van der Waals surface area contributed by atoms with E-state index in [1.54, 1.807) is 0 Å². The van der Waals surface area contributed by atoms with Gasteiger partial charge in [-0.25, -0.2) is 0 Å². The van der Waals surface area contributed by atoms with Crippen molar-refractivity contribution in [3.8, 4) is 0 Å². The second-order valence-corrected chi connectivity index (χ2v) is 6.36. The van der Waals surface area contributed by atoms with Crippen molar-refractivity contribution < 1.29 is 14.7 Å². The van der Waals surface area contributed by atoms with Gasteiger partial charge in [-0.15, -0.1) is 0 Å². The molecule has 2 fully saturated rings. The maximum absolute atomic E-state index is 12.5. The molecule has 1 N–H and O–H groups in total. The van der Waals surface area contributed by atoms with Crippen LogP contribution < -0.4 is 0 Å². The third-order valence-electron chi connectivity index (χ3n) is 4.80. The molecule has 5 nitrogen and oxygen atoms in total. The summed E-state index contributed by atoms with van der Waals surface area (Å²) < 4.78 is 0. The number of hydrogen-bond acceptors (Lipinski definition) is 3. The molecule has 0 aliphatic carbocycles. The lowest BCUT2D eigenvalue weighted by Gasteiger charge is -2.38. The molecule has 2 saturated heterocycles. The van der Waals surface area contributed by atoms with Crippen LogP contribution in [0.4, 0.5) is 0 Å². The minimum atomic E-state index is -0.735. The second kappa shape index (κ2) is 6.57. The predicted molar refractivity (Wildman–Crippen MR) is 76.4 cm³/mol. The molecule has 5 heteroatoms. The summed E-state index contributed by atoms with van der Waals surface area (Å²) in [5, 5.41) is 9.13. The highest BCUT2D eigenvalue weighted by atomic mass is 16.4. The summed E-state index contributed by atoms with van der Waals surface area (Å²) in [5.74, 6) is -0.176. The first-order chi connectivity index (χ1) is 9.49. The van der Waals surface area contributed by atoms with E-state index in [0.29, 0.717) is 12.5 Å². The molecule has 1 amide bonds. The minimum absolute atomic E-state index is 0.169. The number of carboxylic acid groups (broad SMARTS) is 1. The van der Waals surface area contributed by atoms with Crippen molar-refractivity contribution in [3.63, 3.8) is 0 Å². The normalized spacial score (nSPS) is 27.3. The quantitative estimate of drug-likeness (QED) is 0.850. The fraction of sp³-hybridized carbons (Fsp3) is 0.867. The van der Waals surface area contributed by atoms with Gasteiger partial charge in [-0.05, 0) is 45.1 Å². The molecule has 2 rings (SSSR count). The molecule has 0 bridgehead atoms. The number of rotatable bonds is 3. The number of nitrogens with zero attached hydrogens (tertiary/aromatic N) is 2. The molecule has 2 unspecified atom stereocenters. The predicted octanol–water partition coefficient (Wildman–Crippen LogP) is 1.43. The largest absolute Gasteiger partial charge is 0.481 e. The Labute approximate surface area is 120 Å². The molecule has 2 aliphatic rings. The third kappa shape index (κ3) is 3.51. The topological polar surface area (TPSA) is 60.9 Å². The van der Waals surface area contributed by atoms with Gasteiger partial charge in [-0.2, -0.15) is 0 Å². The van der Waals surface area contributed by atoms with E-state index in [0.717, 1.165) is 45.3 Å². The summed E-state index contributed by atoms with van der Waals surface area (Å²) in [7, 11) is 0. The zero-order valence-corrected chi connectivity index (χ0v) is 12.5. The Kier molecular flexibility index (Phi) is 5.02. The average molecular weight is 282 g/mol. The summed E-state index contributed by atoms with van der Waals surface area (Å²) in [4.78, 5) is 27.6. The Hall–Kier alpha value is -1.10. The average Bonchev–Trinajstić information content (AvgIpc) is 2.46. The van der Waals surface area contributed by atoms with Crippen LogP contribution in [0.5, 0.6) is 0 Å². The fourth-order valence-corrected chi connectivity index (χ4v) is 3.21. The molecule has 0 aromatic heterocycles. The Morgan fingerprint density at radius 1 is 1.15 bits per heavy atom. The summed E-state index contributed by atoms with van der Waals surface area (Å²) >= 11 is 0. The van der Waals surface area contributed by atoms with Gasteiger partial charge in [-0.3, -0.25) is 14.5 Å². The van der Waals surface area contributed by atoms with Gasteiger partial charge in [0.05, 0.1) is 12.0 Å². The molecule has 0 saturated carbocycles. The van der Waals surface area contributed by atoms with Gasteiger partial charge in [0.2, 0.25) is 5.91 Å². The lowest BCUT2D eigenvalue weighted by molar-refractivity contribution is -0.146. The lowest BCUT2D eigenvalue weighted by Crippen LogP contribution is -2.52. The van der Waals surface area contributed by atoms with Crippen LogP contribution in [0.3, 0.4) is 0 Å². The van der Waals surface area contributed by atoms with Crippen LogP contribution in [0.2, 0.25) is 0 Å². The van der Waals surface area contributed by atoms with Crippen LogP contribution in [0.1, 0.15) is 39.5 Å². The van der Waals surface area contributed by atoms with Gasteiger partial charge in [0.25, 0.3) is 0 Å². The zero-order valence-electron chi connectivity index (χ0n) is 12.5. The summed E-state index contributed by atoms with van der Waals surface area (Å²) in [5.41, 5.74) is 0. The SMILES string of the molecule is CC1CCN(C(=O)C(C)N2CCCC(C(=O)O)C2)CC1. The molecule has 2 heterocycles. The summed E-state index contributed by atoms with van der Waals surface area (Å²) in [6.07, 6.45) is 3.76. The highest BCUT2D eigenvalue weighted by Crippen LogP contribution is 2.21. The Morgan fingerprint density at radius 3 is 2.40 bits per heavy atom. The van der Waals surface area contributed by atoms with Crippen LogP contribution in [0, 0.1) is 11.8 Å². The van der Waals surface area contributed by atoms with Crippen molar-refractivity contribution in [2.24, 2.45) is 11.8 Å². The summed E-state index contributed by atoms with van der Waals surface area (Å²) in [6.45, 7) is 7.19. The zero-order chi connectivity index (χ0) is 14.7. The first kappa shape index (κ1) is 15.3. The number of carboxylic acids is 1. The van der Waals surface area contributed by atoms with Crippen molar-refractivity contribution in [1.29, 1.82) is 0 Å². The minimum Gasteiger partial charge on any atom is -0.481 e. The van der Waals surface area contributed by atoms with E-state index in [-0.39, 0.29) is 17.9 Å². The molecule has 2 atom stereocenters. The monoisotopic (exact) mass is 282 g/mol. The van der Waals surface area contributed by atoms with E-state index in [1.165, 1.54) is 0 Å². The fourth-order valence-electron chi connectivity index (χ4n) is 3.21. The number of hydrogen-bond donors (Lipinski definition) is 1. The first-order valence-corrected chi connectivity index (χ1v) is 7.74. The molecule has 0 spiro atoms. The Morgan fingerprint density at radius 2 is 1.80 bits per heavy atom. The first-order valence-electron chi connectivity index (χ1n) is 7.74. The highest BCUT2D eigenvalue weighted by molar-refractivity contribution is 5.81. The molecule has 114 valence electrons. The van der Waals surface area contributed by atoms with E-state index in [1.807, 2.05) is 16.7 Å². The van der Waals surface area contributed by atoms with E-state index in [9.17, 15) is 9.59 Å². The highest BCUT2D eigenvalue weighted by Gasteiger charge is 2.33. The van der Waals surface area contributed by atoms with Crippen LogP contribution in [0.25, 0.3) is 0 Å².